The smallest absolute Gasteiger partial charge is 0.416 e. The molecule has 3 aromatic carbocycles. The topological polar surface area (TPSA) is 121 Å². The summed E-state index contributed by atoms with van der Waals surface area (Å²) in [5, 5.41) is 24.1. The Kier molecular flexibility index (Phi) is 8.88. The van der Waals surface area contributed by atoms with Crippen LogP contribution in [0.4, 0.5) is 13.2 Å². The largest absolute Gasteiger partial charge is 0.477 e. The number of halogens is 3. The van der Waals surface area contributed by atoms with Gasteiger partial charge in [0.2, 0.25) is 10.0 Å². The van der Waals surface area contributed by atoms with Crippen LogP contribution >= 0.6 is 0 Å². The summed E-state index contributed by atoms with van der Waals surface area (Å²) in [5.41, 5.74) is 1.56. The standard InChI is InChI=1S/C29H30F3N3O5S/c1-18(34-16-27(36)21-6-4-7-23(14-21)29(30,31)32)11-19-9-10-25-22(12-19)15-26(28(37)38)35(25)17-20-5-3-8-24(13-20)41(39,40)33-2/h3-10,12-15,18,27,33-34,36H,11,16-17H2,1-2H3,(H,37,38). The van der Waals surface area contributed by atoms with E-state index in [1.54, 1.807) is 28.8 Å². The molecule has 0 spiro atoms. The molecule has 0 aliphatic rings. The molecule has 8 nitrogen and oxygen atoms in total. The molecule has 1 aromatic heterocycles. The molecular formula is C29H30F3N3O5S. The van der Waals surface area contributed by atoms with Crippen LogP contribution in [0.15, 0.2) is 77.7 Å². The Morgan fingerprint density at radius 3 is 2.41 bits per heavy atom. The van der Waals surface area contributed by atoms with E-state index in [0.717, 1.165) is 17.7 Å². The Bertz CT molecular complexity index is 1670. The number of nitrogens with one attached hydrogen (secondary N) is 2. The van der Waals surface area contributed by atoms with Crippen molar-refractivity contribution in [1.29, 1.82) is 0 Å². The Morgan fingerprint density at radius 1 is 1.00 bits per heavy atom. The zero-order valence-electron chi connectivity index (χ0n) is 22.3. The molecule has 2 atom stereocenters. The van der Waals surface area contributed by atoms with Gasteiger partial charge in [-0.1, -0.05) is 30.3 Å². The van der Waals surface area contributed by atoms with Crippen LogP contribution in [-0.4, -0.2) is 48.8 Å². The minimum atomic E-state index is -4.49. The van der Waals surface area contributed by atoms with Crippen molar-refractivity contribution in [2.45, 2.75) is 43.1 Å². The normalized spacial score (nSPS) is 13.8. The third-order valence-corrected chi connectivity index (χ3v) is 8.22. The van der Waals surface area contributed by atoms with Crippen LogP contribution < -0.4 is 10.0 Å². The number of nitrogens with zero attached hydrogens (tertiary/aromatic N) is 1. The minimum Gasteiger partial charge on any atom is -0.477 e. The van der Waals surface area contributed by atoms with Crippen LogP contribution in [0.25, 0.3) is 10.9 Å². The van der Waals surface area contributed by atoms with Gasteiger partial charge in [0.25, 0.3) is 0 Å². The van der Waals surface area contributed by atoms with E-state index in [-0.39, 0.29) is 35.3 Å². The van der Waals surface area contributed by atoms with E-state index in [1.165, 1.54) is 31.3 Å². The highest BCUT2D eigenvalue weighted by Crippen LogP contribution is 2.31. The zero-order valence-corrected chi connectivity index (χ0v) is 23.1. The molecule has 0 aliphatic heterocycles. The summed E-state index contributed by atoms with van der Waals surface area (Å²) in [7, 11) is -2.35. The van der Waals surface area contributed by atoms with E-state index in [4.69, 9.17) is 0 Å². The number of rotatable bonds is 11. The minimum absolute atomic E-state index is 0.0482. The van der Waals surface area contributed by atoms with Gasteiger partial charge < -0.3 is 20.1 Å². The van der Waals surface area contributed by atoms with Gasteiger partial charge in [0, 0.05) is 30.0 Å². The van der Waals surface area contributed by atoms with Gasteiger partial charge in [-0.3, -0.25) is 0 Å². The number of alkyl halides is 3. The van der Waals surface area contributed by atoms with Crippen LogP contribution in [0, 0.1) is 0 Å². The first-order valence-electron chi connectivity index (χ1n) is 12.7. The maximum absolute atomic E-state index is 13.0. The molecule has 0 saturated heterocycles. The number of fused-ring (bicyclic) bond motifs is 1. The molecule has 0 aliphatic carbocycles. The first kappa shape index (κ1) is 30.3. The molecule has 2 unspecified atom stereocenters. The molecule has 12 heteroatoms. The van der Waals surface area contributed by atoms with Gasteiger partial charge in [-0.15, -0.1) is 0 Å². The molecule has 41 heavy (non-hydrogen) atoms. The fraction of sp³-hybridized carbons (Fsp3) is 0.276. The van der Waals surface area contributed by atoms with Gasteiger partial charge in [-0.05, 0) is 79.5 Å². The van der Waals surface area contributed by atoms with Crippen molar-refractivity contribution >= 4 is 26.9 Å². The number of hydrogen-bond donors (Lipinski definition) is 4. The van der Waals surface area contributed by atoms with E-state index >= 15 is 0 Å². The van der Waals surface area contributed by atoms with E-state index in [2.05, 4.69) is 10.0 Å². The lowest BCUT2D eigenvalue weighted by Crippen LogP contribution is -2.32. The second-order valence-corrected chi connectivity index (χ2v) is 11.7. The molecule has 0 amide bonds. The van der Waals surface area contributed by atoms with Crippen molar-refractivity contribution in [3.8, 4) is 0 Å². The Morgan fingerprint density at radius 2 is 1.73 bits per heavy atom. The van der Waals surface area contributed by atoms with Gasteiger partial charge in [0.1, 0.15) is 5.69 Å². The predicted octanol–water partition coefficient (Wildman–Crippen LogP) is 4.57. The lowest BCUT2D eigenvalue weighted by molar-refractivity contribution is -0.137. The quantitative estimate of drug-likeness (QED) is 0.204. The van der Waals surface area contributed by atoms with E-state index in [0.29, 0.717) is 22.9 Å². The molecule has 4 N–H and O–H groups in total. The average Bonchev–Trinajstić information content (AvgIpc) is 3.29. The maximum atomic E-state index is 13.0. The second kappa shape index (κ2) is 12.0. The van der Waals surface area contributed by atoms with Crippen molar-refractivity contribution in [3.63, 3.8) is 0 Å². The molecule has 218 valence electrons. The third-order valence-electron chi connectivity index (χ3n) is 6.80. The van der Waals surface area contributed by atoms with Gasteiger partial charge in [0.15, 0.2) is 0 Å². The fourth-order valence-electron chi connectivity index (χ4n) is 4.68. The number of carboxylic acid groups (broad SMARTS) is 1. The van der Waals surface area contributed by atoms with Gasteiger partial charge in [-0.2, -0.15) is 13.2 Å². The SMILES string of the molecule is CNS(=O)(=O)c1cccc(Cn2c(C(=O)O)cc3cc(CC(C)NCC(O)c4cccc(C(F)(F)F)c4)ccc32)c1. The second-order valence-electron chi connectivity index (χ2n) is 9.82. The van der Waals surface area contributed by atoms with Gasteiger partial charge in [-0.25, -0.2) is 17.9 Å². The number of carbonyl (C=O) groups is 1. The van der Waals surface area contributed by atoms with Crippen molar-refractivity contribution in [1.82, 2.24) is 14.6 Å². The molecule has 4 aromatic rings. The van der Waals surface area contributed by atoms with Crippen LogP contribution in [0.5, 0.6) is 0 Å². The van der Waals surface area contributed by atoms with Crippen molar-refractivity contribution in [2.75, 3.05) is 13.6 Å². The number of benzene rings is 3. The summed E-state index contributed by atoms with van der Waals surface area (Å²) in [4.78, 5) is 12.1. The monoisotopic (exact) mass is 589 g/mol. The summed E-state index contributed by atoms with van der Waals surface area (Å²) in [6.07, 6.45) is -5.11. The van der Waals surface area contributed by atoms with Crippen molar-refractivity contribution < 1.29 is 36.6 Å². The van der Waals surface area contributed by atoms with E-state index in [1.807, 2.05) is 19.1 Å². The van der Waals surface area contributed by atoms with Gasteiger partial charge in [0.05, 0.1) is 16.6 Å². The van der Waals surface area contributed by atoms with Crippen LogP contribution in [0.2, 0.25) is 0 Å². The summed E-state index contributed by atoms with van der Waals surface area (Å²) < 4.78 is 67.3. The van der Waals surface area contributed by atoms with E-state index < -0.39 is 33.8 Å². The van der Waals surface area contributed by atoms with Gasteiger partial charge >= 0.3 is 12.1 Å². The van der Waals surface area contributed by atoms with Crippen LogP contribution in [0.3, 0.4) is 0 Å². The first-order valence-corrected chi connectivity index (χ1v) is 14.2. The Labute approximate surface area is 235 Å². The number of carboxylic acids is 1. The number of sulfonamides is 1. The number of aliphatic hydroxyl groups is 1. The fourth-order valence-corrected chi connectivity index (χ4v) is 5.48. The Hall–Kier alpha value is -3.71. The predicted molar refractivity (Wildman–Crippen MR) is 148 cm³/mol. The molecule has 1 heterocycles. The maximum Gasteiger partial charge on any atom is 0.416 e. The summed E-state index contributed by atoms with van der Waals surface area (Å²) >= 11 is 0. The Balaban J connectivity index is 1.49. The van der Waals surface area contributed by atoms with Crippen molar-refractivity contribution in [2.24, 2.45) is 0 Å². The van der Waals surface area contributed by atoms with Crippen LogP contribution in [0.1, 0.15) is 45.8 Å². The molecule has 0 saturated carbocycles. The first-order chi connectivity index (χ1) is 19.3. The van der Waals surface area contributed by atoms with Crippen LogP contribution in [-0.2, 0) is 29.2 Å². The lowest BCUT2D eigenvalue weighted by Gasteiger charge is -2.18. The number of hydrogen-bond acceptors (Lipinski definition) is 5. The average molecular weight is 590 g/mol. The van der Waals surface area contributed by atoms with Crippen molar-refractivity contribution in [3.05, 3.63) is 101 Å². The lowest BCUT2D eigenvalue weighted by atomic mass is 10.0. The molecular weight excluding hydrogens is 559 g/mol. The molecule has 0 fully saturated rings. The number of aromatic nitrogens is 1. The number of aliphatic hydroxyl groups excluding tert-OH is 1. The highest BCUT2D eigenvalue weighted by Gasteiger charge is 2.31. The molecule has 4 rings (SSSR count). The third kappa shape index (κ3) is 7.14. The van der Waals surface area contributed by atoms with E-state index in [9.17, 15) is 36.6 Å². The summed E-state index contributed by atoms with van der Waals surface area (Å²) in [5.74, 6) is -1.12. The molecule has 0 radical (unpaired) electrons. The summed E-state index contributed by atoms with van der Waals surface area (Å²) in [6, 6.07) is 17.8. The number of aromatic carboxylic acids is 1. The zero-order chi connectivity index (χ0) is 29.9. The summed E-state index contributed by atoms with van der Waals surface area (Å²) in [6.45, 7) is 2.07. The molecule has 0 bridgehead atoms. The highest BCUT2D eigenvalue weighted by molar-refractivity contribution is 7.89. The highest BCUT2D eigenvalue weighted by atomic mass is 32.2.